The third-order valence-corrected chi connectivity index (χ3v) is 4.27. The standard InChI is InChI=1S/C12H21NO2/c1-12(2)6-7-13-10(9(12)8-14)4-3-5-11(13)15/h9-10,14H,3-8H2,1-2H3/t9-,10-/m0/s1. The van der Waals surface area contributed by atoms with Crippen molar-refractivity contribution in [2.45, 2.75) is 45.6 Å². The van der Waals surface area contributed by atoms with Gasteiger partial charge in [-0.25, -0.2) is 0 Å². The van der Waals surface area contributed by atoms with Crippen LogP contribution in [0.3, 0.4) is 0 Å². The molecule has 2 rings (SSSR count). The Morgan fingerprint density at radius 2 is 2.27 bits per heavy atom. The lowest BCUT2D eigenvalue weighted by molar-refractivity contribution is -0.145. The number of hydrogen-bond donors (Lipinski definition) is 1. The zero-order chi connectivity index (χ0) is 11.1. The third-order valence-electron chi connectivity index (χ3n) is 4.27. The molecule has 0 saturated carbocycles. The molecule has 2 aliphatic rings. The van der Waals surface area contributed by atoms with E-state index in [1.165, 1.54) is 0 Å². The van der Waals surface area contributed by atoms with Gasteiger partial charge in [-0.05, 0) is 24.7 Å². The lowest BCUT2D eigenvalue weighted by Crippen LogP contribution is -2.57. The highest BCUT2D eigenvalue weighted by Crippen LogP contribution is 2.42. The molecule has 0 spiro atoms. The van der Waals surface area contributed by atoms with E-state index in [1.54, 1.807) is 0 Å². The van der Waals surface area contributed by atoms with Crippen LogP contribution in [0, 0.1) is 11.3 Å². The van der Waals surface area contributed by atoms with Gasteiger partial charge in [0.15, 0.2) is 0 Å². The van der Waals surface area contributed by atoms with E-state index in [4.69, 9.17) is 0 Å². The van der Waals surface area contributed by atoms with Crippen LogP contribution in [-0.4, -0.2) is 35.1 Å². The summed E-state index contributed by atoms with van der Waals surface area (Å²) in [4.78, 5) is 13.8. The molecule has 1 amide bonds. The monoisotopic (exact) mass is 211 g/mol. The predicted molar refractivity (Wildman–Crippen MR) is 58.3 cm³/mol. The molecule has 2 saturated heterocycles. The summed E-state index contributed by atoms with van der Waals surface area (Å²) < 4.78 is 0. The van der Waals surface area contributed by atoms with E-state index in [-0.39, 0.29) is 17.9 Å². The maximum Gasteiger partial charge on any atom is 0.222 e. The number of carbonyl (C=O) groups excluding carboxylic acids is 1. The SMILES string of the molecule is CC1(C)CCN2C(=O)CCC[C@H]2[C@@H]1CO. The fourth-order valence-electron chi connectivity index (χ4n) is 3.14. The van der Waals surface area contributed by atoms with Gasteiger partial charge in [-0.2, -0.15) is 0 Å². The lowest BCUT2D eigenvalue weighted by atomic mass is 9.67. The van der Waals surface area contributed by atoms with E-state index in [0.717, 1.165) is 25.8 Å². The number of piperidine rings is 2. The number of aliphatic hydroxyl groups is 1. The van der Waals surface area contributed by atoms with E-state index < -0.39 is 0 Å². The quantitative estimate of drug-likeness (QED) is 0.712. The highest BCUT2D eigenvalue weighted by atomic mass is 16.3. The topological polar surface area (TPSA) is 40.5 Å². The van der Waals surface area contributed by atoms with Crippen LogP contribution in [0.4, 0.5) is 0 Å². The minimum Gasteiger partial charge on any atom is -0.396 e. The minimum absolute atomic E-state index is 0.174. The molecule has 2 aliphatic heterocycles. The molecular formula is C12H21NO2. The molecule has 0 radical (unpaired) electrons. The third kappa shape index (κ3) is 1.78. The van der Waals surface area contributed by atoms with Crippen LogP contribution in [0.25, 0.3) is 0 Å². The molecule has 0 aliphatic carbocycles. The second-order valence-corrected chi connectivity index (χ2v) is 5.57. The molecule has 2 heterocycles. The van der Waals surface area contributed by atoms with Gasteiger partial charge in [0.05, 0.1) is 0 Å². The Hall–Kier alpha value is -0.570. The van der Waals surface area contributed by atoms with Gasteiger partial charge in [0.25, 0.3) is 0 Å². The Bertz CT molecular complexity index is 262. The van der Waals surface area contributed by atoms with Crippen molar-refractivity contribution in [3.8, 4) is 0 Å². The number of aliphatic hydroxyl groups excluding tert-OH is 1. The second-order valence-electron chi connectivity index (χ2n) is 5.57. The van der Waals surface area contributed by atoms with Gasteiger partial charge in [0.2, 0.25) is 5.91 Å². The Kier molecular flexibility index (Phi) is 2.75. The fourth-order valence-corrected chi connectivity index (χ4v) is 3.14. The van der Waals surface area contributed by atoms with Crippen molar-refractivity contribution >= 4 is 5.91 Å². The lowest BCUT2D eigenvalue weighted by Gasteiger charge is -2.51. The van der Waals surface area contributed by atoms with Crippen molar-refractivity contribution in [1.82, 2.24) is 4.90 Å². The van der Waals surface area contributed by atoms with Crippen LogP contribution in [0.15, 0.2) is 0 Å². The van der Waals surface area contributed by atoms with Crippen LogP contribution >= 0.6 is 0 Å². The van der Waals surface area contributed by atoms with Gasteiger partial charge < -0.3 is 10.0 Å². The van der Waals surface area contributed by atoms with Crippen molar-refractivity contribution in [2.24, 2.45) is 11.3 Å². The molecular weight excluding hydrogens is 190 g/mol. The maximum atomic E-state index is 11.7. The molecule has 0 bridgehead atoms. The predicted octanol–water partition coefficient (Wildman–Crippen LogP) is 1.41. The van der Waals surface area contributed by atoms with Crippen molar-refractivity contribution < 1.29 is 9.90 Å². The molecule has 0 aromatic carbocycles. The second kappa shape index (κ2) is 3.78. The summed E-state index contributed by atoms with van der Waals surface area (Å²) in [5.41, 5.74) is 0.174. The number of amides is 1. The van der Waals surface area contributed by atoms with E-state index >= 15 is 0 Å². The van der Waals surface area contributed by atoms with Crippen molar-refractivity contribution in [3.05, 3.63) is 0 Å². The first-order valence-corrected chi connectivity index (χ1v) is 5.96. The fraction of sp³-hybridized carbons (Fsp3) is 0.917. The highest BCUT2D eigenvalue weighted by molar-refractivity contribution is 5.77. The van der Waals surface area contributed by atoms with Gasteiger partial charge in [0.1, 0.15) is 0 Å². The van der Waals surface area contributed by atoms with Gasteiger partial charge in [0, 0.05) is 31.5 Å². The summed E-state index contributed by atoms with van der Waals surface area (Å²) in [5, 5.41) is 9.51. The zero-order valence-electron chi connectivity index (χ0n) is 9.70. The first kappa shape index (κ1) is 10.9. The van der Waals surface area contributed by atoms with E-state index in [1.807, 2.05) is 4.90 Å². The minimum atomic E-state index is 0.174. The van der Waals surface area contributed by atoms with Crippen LogP contribution in [0.1, 0.15) is 39.5 Å². The summed E-state index contributed by atoms with van der Waals surface area (Å²) in [6, 6.07) is 0.292. The summed E-state index contributed by atoms with van der Waals surface area (Å²) >= 11 is 0. The molecule has 2 atom stereocenters. The Morgan fingerprint density at radius 3 is 2.93 bits per heavy atom. The van der Waals surface area contributed by atoms with Gasteiger partial charge in [-0.3, -0.25) is 4.79 Å². The van der Waals surface area contributed by atoms with E-state index in [2.05, 4.69) is 13.8 Å². The first-order chi connectivity index (χ1) is 7.06. The number of fused-ring (bicyclic) bond motifs is 1. The van der Waals surface area contributed by atoms with Crippen molar-refractivity contribution in [2.75, 3.05) is 13.2 Å². The molecule has 0 unspecified atom stereocenters. The molecule has 86 valence electrons. The maximum absolute atomic E-state index is 11.7. The summed E-state index contributed by atoms with van der Waals surface area (Å²) in [6.07, 6.45) is 3.78. The van der Waals surface area contributed by atoms with Crippen molar-refractivity contribution in [3.63, 3.8) is 0 Å². The van der Waals surface area contributed by atoms with Crippen LogP contribution in [0.2, 0.25) is 0 Å². The number of nitrogens with zero attached hydrogens (tertiary/aromatic N) is 1. The van der Waals surface area contributed by atoms with E-state index in [9.17, 15) is 9.90 Å². The van der Waals surface area contributed by atoms with Gasteiger partial charge >= 0.3 is 0 Å². The molecule has 15 heavy (non-hydrogen) atoms. The first-order valence-electron chi connectivity index (χ1n) is 5.96. The smallest absolute Gasteiger partial charge is 0.222 e. The van der Waals surface area contributed by atoms with Gasteiger partial charge in [-0.15, -0.1) is 0 Å². The summed E-state index contributed by atoms with van der Waals surface area (Å²) in [6.45, 7) is 5.52. The molecule has 3 nitrogen and oxygen atoms in total. The Labute approximate surface area is 91.5 Å². The molecule has 0 aromatic rings. The Balaban J connectivity index is 2.20. The number of carbonyl (C=O) groups is 1. The van der Waals surface area contributed by atoms with Crippen molar-refractivity contribution in [1.29, 1.82) is 0 Å². The average molecular weight is 211 g/mol. The number of hydrogen-bond acceptors (Lipinski definition) is 2. The Morgan fingerprint density at radius 1 is 1.53 bits per heavy atom. The highest BCUT2D eigenvalue weighted by Gasteiger charge is 2.45. The summed E-state index contributed by atoms with van der Waals surface area (Å²) in [7, 11) is 0. The molecule has 1 N–H and O–H groups in total. The number of rotatable bonds is 1. The molecule has 3 heteroatoms. The van der Waals surface area contributed by atoms with Gasteiger partial charge in [-0.1, -0.05) is 13.8 Å². The summed E-state index contributed by atoms with van der Waals surface area (Å²) in [5.74, 6) is 0.552. The molecule has 0 aromatic heterocycles. The van der Waals surface area contributed by atoms with Crippen LogP contribution in [0.5, 0.6) is 0 Å². The largest absolute Gasteiger partial charge is 0.396 e. The zero-order valence-corrected chi connectivity index (χ0v) is 9.70. The van der Waals surface area contributed by atoms with Crippen LogP contribution < -0.4 is 0 Å². The van der Waals surface area contributed by atoms with E-state index in [0.29, 0.717) is 18.4 Å². The average Bonchev–Trinajstić information content (AvgIpc) is 2.16. The normalized spacial score (nSPS) is 35.1. The molecule has 2 fully saturated rings. The van der Waals surface area contributed by atoms with Crippen LogP contribution in [-0.2, 0) is 4.79 Å².